The molecule has 1 aromatic carbocycles. The number of anilines is 1. The van der Waals surface area contributed by atoms with Crippen LogP contribution in [0, 0.1) is 5.92 Å². The number of hydrogen-bond donors (Lipinski definition) is 2. The monoisotopic (exact) mass is 271 g/mol. The molecule has 1 aliphatic rings. The molecule has 1 aliphatic heterocycles. The fourth-order valence-electron chi connectivity index (χ4n) is 2.40. The Bertz CT molecular complexity index is 557. The van der Waals surface area contributed by atoms with E-state index in [4.69, 9.17) is 4.42 Å². The number of nitrogens with one attached hydrogen (secondary N) is 2. The Morgan fingerprint density at radius 1 is 1.35 bits per heavy atom. The van der Waals surface area contributed by atoms with Crippen molar-refractivity contribution in [2.75, 3.05) is 18.4 Å². The number of piperidine rings is 1. The third kappa shape index (κ3) is 2.88. The number of carbonyl (C=O) groups excluding carboxylic acids is 1. The molecule has 2 heterocycles. The van der Waals surface area contributed by atoms with E-state index in [2.05, 4.69) is 15.6 Å². The van der Waals surface area contributed by atoms with E-state index in [-0.39, 0.29) is 11.8 Å². The molecule has 0 aliphatic carbocycles. The van der Waals surface area contributed by atoms with Crippen molar-refractivity contribution in [3.05, 3.63) is 36.9 Å². The summed E-state index contributed by atoms with van der Waals surface area (Å²) in [6, 6.07) is 7.59. The lowest BCUT2D eigenvalue weighted by atomic mass is 9.99. The van der Waals surface area contributed by atoms with E-state index in [0.717, 1.165) is 42.9 Å². The van der Waals surface area contributed by atoms with Crippen LogP contribution in [-0.4, -0.2) is 24.0 Å². The number of aromatic nitrogens is 1. The van der Waals surface area contributed by atoms with Crippen molar-refractivity contribution in [1.82, 2.24) is 10.3 Å². The Hall–Kier alpha value is -2.14. The van der Waals surface area contributed by atoms with E-state index >= 15 is 0 Å². The van der Waals surface area contributed by atoms with Gasteiger partial charge in [-0.1, -0.05) is 0 Å². The van der Waals surface area contributed by atoms with Crippen molar-refractivity contribution in [3.8, 4) is 11.3 Å². The number of carbonyl (C=O) groups is 1. The Kier molecular flexibility index (Phi) is 3.78. The fraction of sp³-hybridized carbons (Fsp3) is 0.333. The van der Waals surface area contributed by atoms with Crippen LogP contribution in [0.25, 0.3) is 11.3 Å². The molecule has 1 aromatic heterocycles. The first kappa shape index (κ1) is 12.9. The molecule has 1 fully saturated rings. The largest absolute Gasteiger partial charge is 0.444 e. The minimum absolute atomic E-state index is 0.0673. The lowest BCUT2D eigenvalue weighted by Crippen LogP contribution is -2.37. The molecule has 20 heavy (non-hydrogen) atoms. The molecule has 0 spiro atoms. The van der Waals surface area contributed by atoms with Gasteiger partial charge in [-0.3, -0.25) is 4.79 Å². The first-order valence-corrected chi connectivity index (χ1v) is 6.83. The van der Waals surface area contributed by atoms with E-state index in [1.54, 1.807) is 6.20 Å². The third-order valence-corrected chi connectivity index (χ3v) is 3.54. The average Bonchev–Trinajstić information content (AvgIpc) is 3.03. The lowest BCUT2D eigenvalue weighted by molar-refractivity contribution is -0.120. The average molecular weight is 271 g/mol. The van der Waals surface area contributed by atoms with Crippen molar-refractivity contribution < 1.29 is 9.21 Å². The van der Waals surface area contributed by atoms with E-state index in [1.165, 1.54) is 6.39 Å². The van der Waals surface area contributed by atoms with Crippen LogP contribution in [0.5, 0.6) is 0 Å². The second kappa shape index (κ2) is 5.88. The molecule has 0 bridgehead atoms. The molecule has 0 radical (unpaired) electrons. The molecule has 3 rings (SSSR count). The number of benzene rings is 1. The van der Waals surface area contributed by atoms with Gasteiger partial charge < -0.3 is 15.1 Å². The normalized spacial score (nSPS) is 18.7. The van der Waals surface area contributed by atoms with Gasteiger partial charge in [0.15, 0.2) is 12.2 Å². The zero-order valence-electron chi connectivity index (χ0n) is 11.1. The van der Waals surface area contributed by atoms with Gasteiger partial charge in [0.1, 0.15) is 0 Å². The van der Waals surface area contributed by atoms with Crippen LogP contribution in [0.4, 0.5) is 5.69 Å². The maximum absolute atomic E-state index is 12.1. The predicted molar refractivity (Wildman–Crippen MR) is 76.2 cm³/mol. The number of hydrogen-bond acceptors (Lipinski definition) is 4. The molecule has 5 heteroatoms. The molecule has 5 nitrogen and oxygen atoms in total. The Labute approximate surface area is 117 Å². The maximum Gasteiger partial charge on any atom is 0.228 e. The standard InChI is InChI=1S/C15H17N3O2/c19-15(12-2-1-7-16-8-12)18-13-5-3-11(4-6-13)14-9-17-10-20-14/h3-6,9-10,12,16H,1-2,7-8H2,(H,18,19)/t12-/m0/s1. The molecule has 0 saturated carbocycles. The summed E-state index contributed by atoms with van der Waals surface area (Å²) in [7, 11) is 0. The fourth-order valence-corrected chi connectivity index (χ4v) is 2.40. The molecular weight excluding hydrogens is 254 g/mol. The first-order chi connectivity index (χ1) is 9.83. The Balaban J connectivity index is 1.64. The summed E-state index contributed by atoms with van der Waals surface area (Å²) in [5, 5.41) is 6.21. The van der Waals surface area contributed by atoms with Gasteiger partial charge in [0.05, 0.1) is 12.1 Å². The molecule has 1 amide bonds. The van der Waals surface area contributed by atoms with E-state index in [0.29, 0.717) is 0 Å². The van der Waals surface area contributed by atoms with Gasteiger partial charge in [-0.05, 0) is 43.7 Å². The SMILES string of the molecule is O=C(Nc1ccc(-c2cnco2)cc1)[C@H]1CCCNC1. The summed E-state index contributed by atoms with van der Waals surface area (Å²) in [6.07, 6.45) is 5.08. The molecular formula is C15H17N3O2. The van der Waals surface area contributed by atoms with Crippen LogP contribution in [0.3, 0.4) is 0 Å². The smallest absolute Gasteiger partial charge is 0.228 e. The molecule has 104 valence electrons. The van der Waals surface area contributed by atoms with Crippen molar-refractivity contribution in [1.29, 1.82) is 0 Å². The van der Waals surface area contributed by atoms with Gasteiger partial charge in [0.2, 0.25) is 5.91 Å². The van der Waals surface area contributed by atoms with E-state index in [9.17, 15) is 4.79 Å². The zero-order valence-corrected chi connectivity index (χ0v) is 11.1. The number of rotatable bonds is 3. The Morgan fingerprint density at radius 2 is 2.20 bits per heavy atom. The van der Waals surface area contributed by atoms with Crippen LogP contribution in [-0.2, 0) is 4.79 Å². The van der Waals surface area contributed by atoms with Gasteiger partial charge in [-0.2, -0.15) is 0 Å². The zero-order chi connectivity index (χ0) is 13.8. The highest BCUT2D eigenvalue weighted by molar-refractivity contribution is 5.93. The highest BCUT2D eigenvalue weighted by Crippen LogP contribution is 2.21. The van der Waals surface area contributed by atoms with Gasteiger partial charge in [-0.15, -0.1) is 0 Å². The lowest BCUT2D eigenvalue weighted by Gasteiger charge is -2.21. The van der Waals surface area contributed by atoms with Crippen LogP contribution < -0.4 is 10.6 Å². The molecule has 1 saturated heterocycles. The molecule has 2 N–H and O–H groups in total. The maximum atomic E-state index is 12.1. The van der Waals surface area contributed by atoms with E-state index < -0.39 is 0 Å². The second-order valence-electron chi connectivity index (χ2n) is 4.98. The summed E-state index contributed by atoms with van der Waals surface area (Å²) < 4.78 is 5.23. The van der Waals surface area contributed by atoms with Gasteiger partial charge >= 0.3 is 0 Å². The Morgan fingerprint density at radius 3 is 2.85 bits per heavy atom. The molecule has 1 atom stereocenters. The molecule has 2 aromatic rings. The quantitative estimate of drug-likeness (QED) is 0.898. The summed E-state index contributed by atoms with van der Waals surface area (Å²) in [6.45, 7) is 1.78. The third-order valence-electron chi connectivity index (χ3n) is 3.54. The van der Waals surface area contributed by atoms with Crippen LogP contribution in [0.1, 0.15) is 12.8 Å². The summed E-state index contributed by atoms with van der Waals surface area (Å²) in [5.41, 5.74) is 1.75. The minimum atomic E-state index is 0.0673. The first-order valence-electron chi connectivity index (χ1n) is 6.83. The summed E-state index contributed by atoms with van der Waals surface area (Å²) in [4.78, 5) is 16.0. The van der Waals surface area contributed by atoms with Crippen LogP contribution >= 0.6 is 0 Å². The van der Waals surface area contributed by atoms with Crippen LogP contribution in [0.15, 0.2) is 41.3 Å². The van der Waals surface area contributed by atoms with Crippen molar-refractivity contribution >= 4 is 11.6 Å². The van der Waals surface area contributed by atoms with Crippen molar-refractivity contribution in [2.45, 2.75) is 12.8 Å². The van der Waals surface area contributed by atoms with Gasteiger partial charge in [0.25, 0.3) is 0 Å². The number of oxazole rings is 1. The topological polar surface area (TPSA) is 67.2 Å². The van der Waals surface area contributed by atoms with Crippen molar-refractivity contribution in [3.63, 3.8) is 0 Å². The van der Waals surface area contributed by atoms with E-state index in [1.807, 2.05) is 24.3 Å². The summed E-state index contributed by atoms with van der Waals surface area (Å²) in [5.74, 6) is 0.877. The molecule has 0 unspecified atom stereocenters. The predicted octanol–water partition coefficient (Wildman–Crippen LogP) is 2.28. The van der Waals surface area contributed by atoms with Gasteiger partial charge in [0, 0.05) is 17.8 Å². The highest BCUT2D eigenvalue weighted by atomic mass is 16.3. The minimum Gasteiger partial charge on any atom is -0.444 e. The van der Waals surface area contributed by atoms with Gasteiger partial charge in [-0.25, -0.2) is 4.98 Å². The number of amides is 1. The van der Waals surface area contributed by atoms with Crippen molar-refractivity contribution in [2.24, 2.45) is 5.92 Å². The second-order valence-corrected chi connectivity index (χ2v) is 4.98. The van der Waals surface area contributed by atoms with Crippen LogP contribution in [0.2, 0.25) is 0 Å². The summed E-state index contributed by atoms with van der Waals surface area (Å²) >= 11 is 0. The highest BCUT2D eigenvalue weighted by Gasteiger charge is 2.20. The number of nitrogens with zero attached hydrogens (tertiary/aromatic N) is 1.